The third kappa shape index (κ3) is 2.40. The van der Waals surface area contributed by atoms with E-state index in [2.05, 4.69) is 10.4 Å². The van der Waals surface area contributed by atoms with Gasteiger partial charge in [-0.25, -0.2) is 0 Å². The third-order valence-corrected chi connectivity index (χ3v) is 4.33. The number of aromatic nitrogens is 2. The van der Waals surface area contributed by atoms with Gasteiger partial charge in [0.2, 0.25) is 5.91 Å². The van der Waals surface area contributed by atoms with E-state index in [-0.39, 0.29) is 18.4 Å². The van der Waals surface area contributed by atoms with Gasteiger partial charge in [-0.05, 0) is 38.0 Å². The Labute approximate surface area is 134 Å². The normalized spacial score (nSPS) is 16.9. The highest BCUT2D eigenvalue weighted by atomic mass is 16.2. The van der Waals surface area contributed by atoms with Gasteiger partial charge in [0.15, 0.2) is 0 Å². The van der Waals surface area contributed by atoms with Crippen LogP contribution in [0.25, 0.3) is 0 Å². The van der Waals surface area contributed by atoms with Crippen LogP contribution < -0.4 is 10.2 Å². The molecule has 0 saturated heterocycles. The summed E-state index contributed by atoms with van der Waals surface area (Å²) in [5.41, 5.74) is 2.94. The molecule has 2 amide bonds. The molecule has 1 N–H and O–H groups in total. The van der Waals surface area contributed by atoms with Crippen LogP contribution >= 0.6 is 0 Å². The first-order valence-electron chi connectivity index (χ1n) is 7.96. The van der Waals surface area contributed by atoms with Crippen molar-refractivity contribution >= 4 is 23.2 Å². The Balaban J connectivity index is 1.73. The van der Waals surface area contributed by atoms with Crippen LogP contribution in [0.15, 0.2) is 30.3 Å². The number of carbonyl (C=O) groups is 2. The molecule has 1 aliphatic carbocycles. The van der Waals surface area contributed by atoms with E-state index in [4.69, 9.17) is 0 Å². The first-order chi connectivity index (χ1) is 11.2. The fraction of sp³-hybridized carbons (Fsp3) is 0.353. The van der Waals surface area contributed by atoms with E-state index in [0.717, 1.165) is 24.2 Å². The van der Waals surface area contributed by atoms with Gasteiger partial charge in [0.25, 0.3) is 5.91 Å². The highest BCUT2D eigenvalue weighted by Gasteiger charge is 2.32. The first kappa shape index (κ1) is 14.0. The molecule has 1 fully saturated rings. The SMILES string of the molecule is CCn1nc(C2CC2)cc1C(=O)N1CC(=O)Nc2ccccc21. The molecule has 2 aliphatic rings. The summed E-state index contributed by atoms with van der Waals surface area (Å²) in [5, 5.41) is 7.35. The molecule has 2 aromatic rings. The third-order valence-electron chi connectivity index (χ3n) is 4.33. The highest BCUT2D eigenvalue weighted by molar-refractivity contribution is 6.14. The molecule has 0 atom stereocenters. The molecule has 0 unspecified atom stereocenters. The van der Waals surface area contributed by atoms with Gasteiger partial charge in [-0.15, -0.1) is 0 Å². The Morgan fingerprint density at radius 3 is 2.87 bits per heavy atom. The number of amides is 2. The molecule has 1 aliphatic heterocycles. The minimum atomic E-state index is -0.179. The van der Waals surface area contributed by atoms with Gasteiger partial charge >= 0.3 is 0 Å². The predicted molar refractivity (Wildman–Crippen MR) is 86.6 cm³/mol. The second kappa shape index (κ2) is 5.22. The molecule has 2 heterocycles. The lowest BCUT2D eigenvalue weighted by atomic mass is 10.1. The summed E-state index contributed by atoms with van der Waals surface area (Å²) in [6.07, 6.45) is 2.28. The van der Waals surface area contributed by atoms with E-state index in [1.807, 2.05) is 31.2 Å². The number of aryl methyl sites for hydroxylation is 1. The van der Waals surface area contributed by atoms with E-state index in [1.165, 1.54) is 4.90 Å². The molecular weight excluding hydrogens is 292 g/mol. The average molecular weight is 310 g/mol. The monoisotopic (exact) mass is 310 g/mol. The van der Waals surface area contributed by atoms with Gasteiger partial charge < -0.3 is 5.32 Å². The highest BCUT2D eigenvalue weighted by Crippen LogP contribution is 2.39. The number of para-hydroxylation sites is 2. The summed E-state index contributed by atoms with van der Waals surface area (Å²) < 4.78 is 1.74. The van der Waals surface area contributed by atoms with Crippen molar-refractivity contribution in [2.75, 3.05) is 16.8 Å². The lowest BCUT2D eigenvalue weighted by Gasteiger charge is -2.29. The van der Waals surface area contributed by atoms with Crippen molar-refractivity contribution in [1.29, 1.82) is 0 Å². The summed E-state index contributed by atoms with van der Waals surface area (Å²) in [4.78, 5) is 26.5. The molecule has 4 rings (SSSR count). The Kier molecular flexibility index (Phi) is 3.18. The minimum absolute atomic E-state index is 0.0313. The van der Waals surface area contributed by atoms with Crippen LogP contribution in [0.3, 0.4) is 0 Å². The maximum atomic E-state index is 13.0. The van der Waals surface area contributed by atoms with Gasteiger partial charge in [0, 0.05) is 12.5 Å². The van der Waals surface area contributed by atoms with Crippen molar-refractivity contribution in [2.45, 2.75) is 32.2 Å². The zero-order valence-corrected chi connectivity index (χ0v) is 13.0. The molecular formula is C17H18N4O2. The summed E-state index contributed by atoms with van der Waals surface area (Å²) in [6, 6.07) is 9.25. The number of hydrogen-bond donors (Lipinski definition) is 1. The minimum Gasteiger partial charge on any atom is -0.323 e. The fourth-order valence-corrected chi connectivity index (χ4v) is 2.98. The topological polar surface area (TPSA) is 67.2 Å². The molecule has 1 saturated carbocycles. The summed E-state index contributed by atoms with van der Waals surface area (Å²) in [7, 11) is 0. The van der Waals surface area contributed by atoms with Crippen molar-refractivity contribution in [3.05, 3.63) is 41.7 Å². The molecule has 0 spiro atoms. The van der Waals surface area contributed by atoms with E-state index in [1.54, 1.807) is 10.7 Å². The maximum Gasteiger partial charge on any atom is 0.277 e. The lowest BCUT2D eigenvalue weighted by Crippen LogP contribution is -2.42. The summed E-state index contributed by atoms with van der Waals surface area (Å²) >= 11 is 0. The quantitative estimate of drug-likeness (QED) is 0.946. The number of carbonyl (C=O) groups excluding carboxylic acids is 2. The van der Waals surface area contributed by atoms with Crippen LogP contribution in [0.4, 0.5) is 11.4 Å². The predicted octanol–water partition coefficient (Wildman–Crippen LogP) is 2.38. The van der Waals surface area contributed by atoms with Crippen molar-refractivity contribution in [1.82, 2.24) is 9.78 Å². The van der Waals surface area contributed by atoms with Gasteiger partial charge in [-0.2, -0.15) is 5.10 Å². The number of anilines is 2. The zero-order valence-electron chi connectivity index (χ0n) is 13.0. The van der Waals surface area contributed by atoms with E-state index >= 15 is 0 Å². The van der Waals surface area contributed by atoms with Crippen LogP contribution in [-0.2, 0) is 11.3 Å². The van der Waals surface area contributed by atoms with Crippen molar-refractivity contribution in [3.8, 4) is 0 Å². The molecule has 23 heavy (non-hydrogen) atoms. The molecule has 0 bridgehead atoms. The Hall–Kier alpha value is -2.63. The smallest absolute Gasteiger partial charge is 0.277 e. The molecule has 0 radical (unpaired) electrons. The number of hydrogen-bond acceptors (Lipinski definition) is 3. The number of benzene rings is 1. The maximum absolute atomic E-state index is 13.0. The van der Waals surface area contributed by atoms with Crippen LogP contribution in [-0.4, -0.2) is 28.1 Å². The molecule has 6 nitrogen and oxygen atoms in total. The van der Waals surface area contributed by atoms with Gasteiger partial charge in [-0.1, -0.05) is 12.1 Å². The zero-order chi connectivity index (χ0) is 16.0. The average Bonchev–Trinajstić information content (AvgIpc) is 3.32. The van der Waals surface area contributed by atoms with E-state index < -0.39 is 0 Å². The first-order valence-corrected chi connectivity index (χ1v) is 7.96. The number of nitrogens with zero attached hydrogens (tertiary/aromatic N) is 3. The number of nitrogens with one attached hydrogen (secondary N) is 1. The Morgan fingerprint density at radius 1 is 1.35 bits per heavy atom. The standard InChI is InChI=1S/C17H18N4O2/c1-2-21-15(9-13(19-21)11-7-8-11)17(23)20-10-16(22)18-12-5-3-4-6-14(12)20/h3-6,9,11H,2,7-8,10H2,1H3,(H,18,22). The van der Waals surface area contributed by atoms with Crippen LogP contribution in [0, 0.1) is 0 Å². The second-order valence-electron chi connectivity index (χ2n) is 6.00. The Bertz CT molecular complexity index is 792. The van der Waals surface area contributed by atoms with E-state index in [0.29, 0.717) is 23.8 Å². The fourth-order valence-electron chi connectivity index (χ4n) is 2.98. The molecule has 118 valence electrons. The summed E-state index contributed by atoms with van der Waals surface area (Å²) in [5.74, 6) is 0.141. The van der Waals surface area contributed by atoms with E-state index in [9.17, 15) is 9.59 Å². The van der Waals surface area contributed by atoms with Crippen LogP contribution in [0.5, 0.6) is 0 Å². The van der Waals surface area contributed by atoms with Crippen molar-refractivity contribution in [3.63, 3.8) is 0 Å². The Morgan fingerprint density at radius 2 is 2.13 bits per heavy atom. The van der Waals surface area contributed by atoms with Crippen LogP contribution in [0.2, 0.25) is 0 Å². The van der Waals surface area contributed by atoms with Crippen molar-refractivity contribution < 1.29 is 9.59 Å². The number of fused-ring (bicyclic) bond motifs is 1. The van der Waals surface area contributed by atoms with Gasteiger partial charge in [0.05, 0.1) is 17.1 Å². The van der Waals surface area contributed by atoms with Gasteiger partial charge in [-0.3, -0.25) is 19.2 Å². The van der Waals surface area contributed by atoms with Gasteiger partial charge in [0.1, 0.15) is 12.2 Å². The van der Waals surface area contributed by atoms with Crippen LogP contribution in [0.1, 0.15) is 41.9 Å². The number of rotatable bonds is 3. The van der Waals surface area contributed by atoms with Crippen molar-refractivity contribution in [2.24, 2.45) is 0 Å². The lowest BCUT2D eigenvalue weighted by molar-refractivity contribution is -0.115. The molecule has 6 heteroatoms. The largest absolute Gasteiger partial charge is 0.323 e. The molecule has 1 aromatic carbocycles. The molecule has 1 aromatic heterocycles. The second-order valence-corrected chi connectivity index (χ2v) is 6.00. The summed E-state index contributed by atoms with van der Waals surface area (Å²) in [6.45, 7) is 2.64.